The number of carbonyl (C=O) groups excluding carboxylic acids is 1. The van der Waals surface area contributed by atoms with Gasteiger partial charge in [0.15, 0.2) is 0 Å². The van der Waals surface area contributed by atoms with Gasteiger partial charge >= 0.3 is 0 Å². The number of rotatable bonds is 5. The van der Waals surface area contributed by atoms with Crippen LogP contribution in [0.2, 0.25) is 0 Å². The highest BCUT2D eigenvalue weighted by atomic mass is 79.9. The van der Waals surface area contributed by atoms with Crippen molar-refractivity contribution in [1.82, 2.24) is 5.32 Å². The number of nitro benzene ring substituents is 1. The van der Waals surface area contributed by atoms with Gasteiger partial charge in [-0.25, -0.2) is 0 Å². The Morgan fingerprint density at radius 3 is 2.55 bits per heavy atom. The van der Waals surface area contributed by atoms with Crippen LogP contribution in [0.5, 0.6) is 0 Å². The lowest BCUT2D eigenvalue weighted by Gasteiger charge is -2.12. The Hall–Kier alpha value is -2.25. The average molecular weight is 365 g/mol. The second-order valence-electron chi connectivity index (χ2n) is 4.58. The van der Waals surface area contributed by atoms with E-state index in [-0.39, 0.29) is 18.1 Å². The molecule has 0 aromatic heterocycles. The maximum absolute atomic E-state index is 11.9. The van der Waals surface area contributed by atoms with E-state index in [2.05, 4.69) is 21.2 Å². The molecule has 6 nitrogen and oxygen atoms in total. The molecule has 0 saturated carbocycles. The molecule has 0 radical (unpaired) electrons. The van der Waals surface area contributed by atoms with Crippen LogP contribution in [0.15, 0.2) is 53.0 Å². The summed E-state index contributed by atoms with van der Waals surface area (Å²) in [5.74, 6) is -0.303. The van der Waals surface area contributed by atoms with E-state index in [0.717, 1.165) is 4.47 Å². The number of benzene rings is 2. The van der Waals surface area contributed by atoms with E-state index in [1.807, 2.05) is 6.07 Å². The molecule has 0 bridgehead atoms. The molecular formula is C15H13BrN2O4. The first-order chi connectivity index (χ1) is 10.5. The number of hydrogen-bond acceptors (Lipinski definition) is 4. The first kappa shape index (κ1) is 16.1. The Balaban J connectivity index is 1.96. The van der Waals surface area contributed by atoms with E-state index in [4.69, 9.17) is 0 Å². The summed E-state index contributed by atoms with van der Waals surface area (Å²) in [6, 6.07) is 12.5. The molecule has 0 fully saturated rings. The predicted octanol–water partition coefficient (Wildman–Crippen LogP) is 2.82. The van der Waals surface area contributed by atoms with E-state index < -0.39 is 11.0 Å². The minimum atomic E-state index is -0.933. The van der Waals surface area contributed by atoms with Crippen LogP contribution in [0.25, 0.3) is 0 Å². The van der Waals surface area contributed by atoms with Gasteiger partial charge in [0.1, 0.15) is 0 Å². The third-order valence-electron chi connectivity index (χ3n) is 3.03. The van der Waals surface area contributed by atoms with Gasteiger partial charge in [0, 0.05) is 28.7 Å². The van der Waals surface area contributed by atoms with Crippen LogP contribution in [0.3, 0.4) is 0 Å². The number of halogens is 1. The summed E-state index contributed by atoms with van der Waals surface area (Å²) in [7, 11) is 0. The van der Waals surface area contributed by atoms with Gasteiger partial charge in [0.2, 0.25) is 0 Å². The van der Waals surface area contributed by atoms with E-state index in [0.29, 0.717) is 11.1 Å². The number of aliphatic hydroxyl groups is 1. The Morgan fingerprint density at radius 2 is 1.95 bits per heavy atom. The number of nitro groups is 1. The molecule has 2 aromatic rings. The normalized spacial score (nSPS) is 11.7. The molecule has 0 unspecified atom stereocenters. The number of nitrogens with one attached hydrogen (secondary N) is 1. The van der Waals surface area contributed by atoms with Crippen LogP contribution >= 0.6 is 15.9 Å². The number of hydrogen-bond donors (Lipinski definition) is 2. The van der Waals surface area contributed by atoms with Crippen LogP contribution < -0.4 is 5.32 Å². The lowest BCUT2D eigenvalue weighted by molar-refractivity contribution is -0.384. The Bertz CT molecular complexity index is 688. The van der Waals surface area contributed by atoms with Gasteiger partial charge in [-0.05, 0) is 35.9 Å². The molecule has 1 atom stereocenters. The predicted molar refractivity (Wildman–Crippen MR) is 84.5 cm³/mol. The first-order valence-electron chi connectivity index (χ1n) is 6.43. The number of amides is 1. The molecule has 0 spiro atoms. The third kappa shape index (κ3) is 4.12. The summed E-state index contributed by atoms with van der Waals surface area (Å²) in [5, 5.41) is 23.2. The van der Waals surface area contributed by atoms with Gasteiger partial charge < -0.3 is 10.4 Å². The fourth-order valence-electron chi connectivity index (χ4n) is 1.86. The number of carbonyl (C=O) groups is 1. The van der Waals surface area contributed by atoms with Crippen molar-refractivity contribution >= 4 is 27.5 Å². The van der Waals surface area contributed by atoms with Crippen molar-refractivity contribution in [3.05, 3.63) is 74.2 Å². The molecule has 2 N–H and O–H groups in total. The molecule has 0 heterocycles. The molecule has 2 aromatic carbocycles. The molecule has 0 aliphatic rings. The lowest BCUT2D eigenvalue weighted by atomic mass is 10.1. The fraction of sp³-hybridized carbons (Fsp3) is 0.133. The largest absolute Gasteiger partial charge is 0.387 e. The maximum Gasteiger partial charge on any atom is 0.269 e. The van der Waals surface area contributed by atoms with Crippen LogP contribution in [0.1, 0.15) is 22.0 Å². The number of non-ortho nitro benzene ring substituents is 1. The van der Waals surface area contributed by atoms with E-state index >= 15 is 0 Å². The Kier molecular flexibility index (Phi) is 5.24. The van der Waals surface area contributed by atoms with Crippen molar-refractivity contribution < 1.29 is 14.8 Å². The second-order valence-corrected chi connectivity index (χ2v) is 5.50. The van der Waals surface area contributed by atoms with Crippen molar-refractivity contribution in [3.63, 3.8) is 0 Å². The molecule has 114 valence electrons. The monoisotopic (exact) mass is 364 g/mol. The van der Waals surface area contributed by atoms with Crippen LogP contribution in [-0.4, -0.2) is 22.5 Å². The SMILES string of the molecule is O=C(NC[C@H](O)c1ccc([N+](=O)[O-])cc1)c1cccc(Br)c1. The van der Waals surface area contributed by atoms with Crippen LogP contribution in [-0.2, 0) is 0 Å². The Morgan fingerprint density at radius 1 is 1.27 bits per heavy atom. The van der Waals surface area contributed by atoms with E-state index in [1.165, 1.54) is 24.3 Å². The molecular weight excluding hydrogens is 352 g/mol. The highest BCUT2D eigenvalue weighted by Crippen LogP contribution is 2.17. The van der Waals surface area contributed by atoms with Crippen molar-refractivity contribution in [3.8, 4) is 0 Å². The smallest absolute Gasteiger partial charge is 0.269 e. The number of nitrogens with zero attached hydrogens (tertiary/aromatic N) is 1. The summed E-state index contributed by atoms with van der Waals surface area (Å²) >= 11 is 3.28. The minimum absolute atomic E-state index is 0.0170. The van der Waals surface area contributed by atoms with Gasteiger partial charge in [0.05, 0.1) is 11.0 Å². The second kappa shape index (κ2) is 7.15. The van der Waals surface area contributed by atoms with Gasteiger partial charge in [-0.15, -0.1) is 0 Å². The molecule has 7 heteroatoms. The van der Waals surface area contributed by atoms with Crippen molar-refractivity contribution in [2.75, 3.05) is 6.54 Å². The van der Waals surface area contributed by atoms with Gasteiger partial charge in [-0.2, -0.15) is 0 Å². The summed E-state index contributed by atoms with van der Waals surface area (Å²) in [4.78, 5) is 22.0. The fourth-order valence-corrected chi connectivity index (χ4v) is 2.26. The number of aliphatic hydroxyl groups excluding tert-OH is 1. The molecule has 1 amide bonds. The van der Waals surface area contributed by atoms with E-state index in [9.17, 15) is 20.0 Å². The molecule has 22 heavy (non-hydrogen) atoms. The highest BCUT2D eigenvalue weighted by Gasteiger charge is 2.12. The van der Waals surface area contributed by atoms with Gasteiger partial charge in [-0.1, -0.05) is 22.0 Å². The van der Waals surface area contributed by atoms with Gasteiger partial charge in [0.25, 0.3) is 11.6 Å². The Labute approximate surface area is 135 Å². The van der Waals surface area contributed by atoms with Crippen LogP contribution in [0, 0.1) is 10.1 Å². The molecule has 0 aliphatic carbocycles. The zero-order valence-electron chi connectivity index (χ0n) is 11.4. The van der Waals surface area contributed by atoms with Crippen LogP contribution in [0.4, 0.5) is 5.69 Å². The molecule has 0 saturated heterocycles. The average Bonchev–Trinajstić information content (AvgIpc) is 2.52. The summed E-state index contributed by atoms with van der Waals surface area (Å²) in [6.07, 6.45) is -0.933. The summed E-state index contributed by atoms with van der Waals surface area (Å²) in [5.41, 5.74) is 0.930. The summed E-state index contributed by atoms with van der Waals surface area (Å²) in [6.45, 7) is 0.0170. The standard InChI is InChI=1S/C15H13BrN2O4/c16-12-3-1-2-11(8-12)15(20)17-9-14(19)10-4-6-13(7-5-10)18(21)22/h1-8,14,19H,9H2,(H,17,20)/t14-/m0/s1. The zero-order valence-corrected chi connectivity index (χ0v) is 13.0. The topological polar surface area (TPSA) is 92.5 Å². The van der Waals surface area contributed by atoms with Crippen molar-refractivity contribution in [2.45, 2.75) is 6.10 Å². The first-order valence-corrected chi connectivity index (χ1v) is 7.23. The summed E-state index contributed by atoms with van der Waals surface area (Å²) < 4.78 is 0.788. The van der Waals surface area contributed by atoms with Crippen molar-refractivity contribution in [1.29, 1.82) is 0 Å². The highest BCUT2D eigenvalue weighted by molar-refractivity contribution is 9.10. The lowest BCUT2D eigenvalue weighted by Crippen LogP contribution is -2.28. The van der Waals surface area contributed by atoms with Gasteiger partial charge in [-0.3, -0.25) is 14.9 Å². The van der Waals surface area contributed by atoms with E-state index in [1.54, 1.807) is 18.2 Å². The minimum Gasteiger partial charge on any atom is -0.387 e. The zero-order chi connectivity index (χ0) is 16.1. The molecule has 0 aliphatic heterocycles. The quantitative estimate of drug-likeness (QED) is 0.630. The third-order valence-corrected chi connectivity index (χ3v) is 3.52. The maximum atomic E-state index is 11.9. The molecule has 2 rings (SSSR count). The van der Waals surface area contributed by atoms with Crippen molar-refractivity contribution in [2.24, 2.45) is 0 Å².